The summed E-state index contributed by atoms with van der Waals surface area (Å²) in [4.78, 5) is 0. The molecule has 4 heteroatoms. The van der Waals surface area contributed by atoms with E-state index < -0.39 is 0 Å². The fraction of sp³-hybridized carbons (Fsp3) is 0.400. The molecule has 1 heterocycles. The molecule has 2 unspecified atom stereocenters. The van der Waals surface area contributed by atoms with Crippen molar-refractivity contribution >= 4 is 23.2 Å². The van der Waals surface area contributed by atoms with E-state index in [0.29, 0.717) is 16.7 Å². The van der Waals surface area contributed by atoms with Crippen molar-refractivity contribution in [1.29, 1.82) is 0 Å². The van der Waals surface area contributed by atoms with Gasteiger partial charge in [0.15, 0.2) is 0 Å². The van der Waals surface area contributed by atoms with E-state index >= 15 is 0 Å². The first-order valence-corrected chi connectivity index (χ1v) is 5.27. The Labute approximate surface area is 92.9 Å². The Bertz CT molecular complexity index is 343. The Kier molecular flexibility index (Phi) is 2.98. The highest BCUT2D eigenvalue weighted by Crippen LogP contribution is 2.35. The maximum absolute atomic E-state index is 6.07. The zero-order chi connectivity index (χ0) is 10.1. The molecule has 1 aromatic carbocycles. The van der Waals surface area contributed by atoms with E-state index in [1.807, 2.05) is 12.1 Å². The number of ether oxygens (including phenoxy) is 1. The predicted molar refractivity (Wildman–Crippen MR) is 57.7 cm³/mol. The lowest BCUT2D eigenvalue weighted by atomic mass is 10.0. The van der Waals surface area contributed by atoms with E-state index in [-0.39, 0.29) is 12.1 Å². The van der Waals surface area contributed by atoms with Crippen LogP contribution >= 0.6 is 23.2 Å². The van der Waals surface area contributed by atoms with Gasteiger partial charge in [-0.25, -0.2) is 0 Å². The van der Waals surface area contributed by atoms with Crippen LogP contribution in [0.4, 0.5) is 0 Å². The molecule has 0 amide bonds. The summed E-state index contributed by atoms with van der Waals surface area (Å²) in [5, 5.41) is 1.10. The second kappa shape index (κ2) is 4.07. The van der Waals surface area contributed by atoms with Crippen molar-refractivity contribution in [2.75, 3.05) is 6.61 Å². The Hall–Kier alpha value is -0.280. The summed E-state index contributed by atoms with van der Waals surface area (Å²) in [5.74, 6) is 0. The molecule has 1 aliphatic rings. The number of benzene rings is 1. The van der Waals surface area contributed by atoms with Crippen LogP contribution in [0.15, 0.2) is 18.2 Å². The number of nitrogens with two attached hydrogens (primary N) is 1. The molecule has 0 aliphatic carbocycles. The summed E-state index contributed by atoms with van der Waals surface area (Å²) in [5.41, 5.74) is 6.80. The lowest BCUT2D eigenvalue weighted by Crippen LogP contribution is -2.23. The van der Waals surface area contributed by atoms with Crippen molar-refractivity contribution in [1.82, 2.24) is 0 Å². The fourth-order valence-electron chi connectivity index (χ4n) is 1.67. The Morgan fingerprint density at radius 1 is 1.36 bits per heavy atom. The molecule has 76 valence electrons. The fourth-order valence-corrected chi connectivity index (χ4v) is 2.08. The molecule has 0 aromatic heterocycles. The monoisotopic (exact) mass is 231 g/mol. The quantitative estimate of drug-likeness (QED) is 0.807. The molecular weight excluding hydrogens is 221 g/mol. The molecule has 1 aliphatic heterocycles. The van der Waals surface area contributed by atoms with Crippen molar-refractivity contribution in [3.8, 4) is 0 Å². The highest BCUT2D eigenvalue weighted by atomic mass is 35.5. The average Bonchev–Trinajstić information content (AvgIpc) is 2.57. The van der Waals surface area contributed by atoms with E-state index in [4.69, 9.17) is 33.7 Å². The molecule has 14 heavy (non-hydrogen) atoms. The van der Waals surface area contributed by atoms with Crippen LogP contribution in [0.25, 0.3) is 0 Å². The standard InChI is InChI=1S/C10H11Cl2NO/c11-7-3-1-2-6(9(7)12)10-8(13)4-5-14-10/h1-3,8,10H,4-5,13H2. The zero-order valence-corrected chi connectivity index (χ0v) is 9.05. The van der Waals surface area contributed by atoms with Crippen molar-refractivity contribution in [2.24, 2.45) is 5.73 Å². The summed E-state index contributed by atoms with van der Waals surface area (Å²) in [7, 11) is 0. The highest BCUT2D eigenvalue weighted by molar-refractivity contribution is 6.42. The molecule has 1 aromatic rings. The van der Waals surface area contributed by atoms with Crippen molar-refractivity contribution in [3.05, 3.63) is 33.8 Å². The van der Waals surface area contributed by atoms with E-state index in [2.05, 4.69) is 0 Å². The topological polar surface area (TPSA) is 35.2 Å². The maximum atomic E-state index is 6.07. The van der Waals surface area contributed by atoms with Gasteiger partial charge in [-0.3, -0.25) is 0 Å². The van der Waals surface area contributed by atoms with Crippen molar-refractivity contribution < 1.29 is 4.74 Å². The van der Waals surface area contributed by atoms with Gasteiger partial charge in [-0.05, 0) is 12.5 Å². The largest absolute Gasteiger partial charge is 0.372 e. The molecule has 1 fully saturated rings. The minimum atomic E-state index is -0.110. The molecule has 2 rings (SSSR count). The van der Waals surface area contributed by atoms with Gasteiger partial charge in [-0.2, -0.15) is 0 Å². The van der Waals surface area contributed by atoms with Crippen LogP contribution < -0.4 is 5.73 Å². The summed E-state index contributed by atoms with van der Waals surface area (Å²) in [6.07, 6.45) is 0.759. The van der Waals surface area contributed by atoms with Gasteiger partial charge in [-0.15, -0.1) is 0 Å². The molecule has 2 nitrogen and oxygen atoms in total. The highest BCUT2D eigenvalue weighted by Gasteiger charge is 2.28. The van der Waals surface area contributed by atoms with Crippen LogP contribution in [0.3, 0.4) is 0 Å². The molecule has 0 bridgehead atoms. The van der Waals surface area contributed by atoms with Gasteiger partial charge in [0.25, 0.3) is 0 Å². The number of rotatable bonds is 1. The predicted octanol–water partition coefficient (Wildman–Crippen LogP) is 2.78. The van der Waals surface area contributed by atoms with Crippen LogP contribution in [0.5, 0.6) is 0 Å². The summed E-state index contributed by atoms with van der Waals surface area (Å²) in [6, 6.07) is 5.54. The molecular formula is C10H11Cl2NO. The molecule has 0 radical (unpaired) electrons. The van der Waals surface area contributed by atoms with E-state index in [1.54, 1.807) is 6.07 Å². The average molecular weight is 232 g/mol. The lowest BCUT2D eigenvalue weighted by Gasteiger charge is -2.16. The van der Waals surface area contributed by atoms with Crippen LogP contribution in [0.1, 0.15) is 18.1 Å². The lowest BCUT2D eigenvalue weighted by molar-refractivity contribution is 0.105. The van der Waals surface area contributed by atoms with E-state index in [9.17, 15) is 0 Å². The summed E-state index contributed by atoms with van der Waals surface area (Å²) >= 11 is 12.0. The summed E-state index contributed by atoms with van der Waals surface area (Å²) in [6.45, 7) is 0.689. The van der Waals surface area contributed by atoms with Crippen LogP contribution in [-0.4, -0.2) is 12.6 Å². The van der Waals surface area contributed by atoms with Crippen LogP contribution in [0, 0.1) is 0 Å². The third-order valence-electron chi connectivity index (χ3n) is 2.43. The molecule has 2 atom stereocenters. The SMILES string of the molecule is NC1CCOC1c1cccc(Cl)c1Cl. The van der Waals surface area contributed by atoms with Crippen LogP contribution in [0.2, 0.25) is 10.0 Å². The van der Waals surface area contributed by atoms with E-state index in [0.717, 1.165) is 12.0 Å². The number of hydrogen-bond acceptors (Lipinski definition) is 2. The number of halogens is 2. The van der Waals surface area contributed by atoms with Gasteiger partial charge in [0.2, 0.25) is 0 Å². The van der Waals surface area contributed by atoms with Crippen molar-refractivity contribution in [3.63, 3.8) is 0 Å². The minimum Gasteiger partial charge on any atom is -0.372 e. The van der Waals surface area contributed by atoms with Gasteiger partial charge in [0.05, 0.1) is 16.1 Å². The normalized spacial score (nSPS) is 26.8. The molecule has 0 saturated carbocycles. The van der Waals surface area contributed by atoms with Gasteiger partial charge in [0, 0.05) is 18.2 Å². The number of hydrogen-bond donors (Lipinski definition) is 1. The van der Waals surface area contributed by atoms with Gasteiger partial charge in [-0.1, -0.05) is 35.3 Å². The first-order chi connectivity index (χ1) is 6.70. The minimum absolute atomic E-state index is 0.0194. The first-order valence-electron chi connectivity index (χ1n) is 4.51. The molecule has 1 saturated heterocycles. The van der Waals surface area contributed by atoms with Gasteiger partial charge in [0.1, 0.15) is 0 Å². The Morgan fingerprint density at radius 3 is 2.79 bits per heavy atom. The first kappa shape index (κ1) is 10.2. The second-order valence-corrected chi connectivity index (χ2v) is 4.17. The van der Waals surface area contributed by atoms with Crippen LogP contribution in [-0.2, 0) is 4.74 Å². The maximum Gasteiger partial charge on any atom is 0.0991 e. The van der Waals surface area contributed by atoms with Gasteiger partial charge < -0.3 is 10.5 Å². The molecule has 2 N–H and O–H groups in total. The summed E-state index contributed by atoms with van der Waals surface area (Å²) < 4.78 is 5.52. The Morgan fingerprint density at radius 2 is 2.14 bits per heavy atom. The zero-order valence-electron chi connectivity index (χ0n) is 7.54. The second-order valence-electron chi connectivity index (χ2n) is 3.39. The Balaban J connectivity index is 2.36. The van der Waals surface area contributed by atoms with Crippen molar-refractivity contribution in [2.45, 2.75) is 18.6 Å². The third kappa shape index (κ3) is 1.75. The van der Waals surface area contributed by atoms with E-state index in [1.165, 1.54) is 0 Å². The third-order valence-corrected chi connectivity index (χ3v) is 3.26. The molecule has 0 spiro atoms. The van der Waals surface area contributed by atoms with Gasteiger partial charge >= 0.3 is 0 Å². The smallest absolute Gasteiger partial charge is 0.0991 e.